The number of amides is 2. The van der Waals surface area contributed by atoms with E-state index in [0.717, 1.165) is 11.4 Å². The Morgan fingerprint density at radius 3 is 2.27 bits per heavy atom. The Hall–Kier alpha value is -3.06. The Morgan fingerprint density at radius 2 is 1.58 bits per heavy atom. The highest BCUT2D eigenvalue weighted by Gasteiger charge is 2.12. The molecule has 0 spiro atoms. The number of halogens is 1. The number of anilines is 3. The predicted molar refractivity (Wildman–Crippen MR) is 104 cm³/mol. The standard InChI is InChI=1S/C19H16BrN3O3/c20-17-11-10-16(26-17)19(25)21-12-18(24)23-15-9-5-4-8-14(15)22-13-6-2-1-3-7-13/h1-11,22H,12H2,(H,21,25)(H,23,24). The van der Waals surface area contributed by atoms with Gasteiger partial charge in [-0.3, -0.25) is 9.59 Å². The Kier molecular flexibility index (Phi) is 5.70. The zero-order valence-electron chi connectivity index (χ0n) is 13.7. The molecule has 0 fully saturated rings. The lowest BCUT2D eigenvalue weighted by molar-refractivity contribution is -0.115. The maximum absolute atomic E-state index is 12.2. The second-order valence-electron chi connectivity index (χ2n) is 5.37. The molecular formula is C19H16BrN3O3. The van der Waals surface area contributed by atoms with Crippen molar-refractivity contribution in [2.75, 3.05) is 17.2 Å². The highest BCUT2D eigenvalue weighted by molar-refractivity contribution is 9.10. The number of hydrogen-bond acceptors (Lipinski definition) is 4. The van der Waals surface area contributed by atoms with Gasteiger partial charge in [0.05, 0.1) is 17.9 Å². The number of carbonyl (C=O) groups is 2. The van der Waals surface area contributed by atoms with Crippen molar-refractivity contribution in [3.8, 4) is 0 Å². The molecule has 1 aromatic heterocycles. The smallest absolute Gasteiger partial charge is 0.287 e. The van der Waals surface area contributed by atoms with Crippen LogP contribution < -0.4 is 16.0 Å². The van der Waals surface area contributed by atoms with Crippen LogP contribution in [0.25, 0.3) is 0 Å². The van der Waals surface area contributed by atoms with Crippen LogP contribution in [0.3, 0.4) is 0 Å². The minimum atomic E-state index is -0.457. The average Bonchev–Trinajstić information content (AvgIpc) is 3.09. The van der Waals surface area contributed by atoms with Gasteiger partial charge in [-0.25, -0.2) is 0 Å². The molecule has 2 aromatic carbocycles. The van der Waals surface area contributed by atoms with E-state index >= 15 is 0 Å². The SMILES string of the molecule is O=C(CNC(=O)c1ccc(Br)o1)Nc1ccccc1Nc1ccccc1. The number of rotatable bonds is 6. The average molecular weight is 414 g/mol. The molecule has 0 radical (unpaired) electrons. The molecule has 3 rings (SSSR count). The van der Waals surface area contributed by atoms with Crippen molar-refractivity contribution in [3.63, 3.8) is 0 Å². The first kappa shape index (κ1) is 17.8. The van der Waals surface area contributed by atoms with E-state index in [9.17, 15) is 9.59 Å². The topological polar surface area (TPSA) is 83.4 Å². The van der Waals surface area contributed by atoms with Crippen LogP contribution in [0.5, 0.6) is 0 Å². The van der Waals surface area contributed by atoms with Crippen LogP contribution in [-0.2, 0) is 4.79 Å². The number of carbonyl (C=O) groups excluding carboxylic acids is 2. The summed E-state index contributed by atoms with van der Waals surface area (Å²) in [5.41, 5.74) is 2.29. The monoisotopic (exact) mass is 413 g/mol. The van der Waals surface area contributed by atoms with Gasteiger partial charge in [-0.15, -0.1) is 0 Å². The molecule has 1 heterocycles. The van der Waals surface area contributed by atoms with E-state index in [0.29, 0.717) is 10.4 Å². The Balaban J connectivity index is 1.60. The van der Waals surface area contributed by atoms with E-state index in [2.05, 4.69) is 31.9 Å². The van der Waals surface area contributed by atoms with Gasteiger partial charge in [-0.2, -0.15) is 0 Å². The molecule has 132 valence electrons. The lowest BCUT2D eigenvalue weighted by Crippen LogP contribution is -2.32. The van der Waals surface area contributed by atoms with Crippen LogP contribution in [0, 0.1) is 0 Å². The van der Waals surface area contributed by atoms with Gasteiger partial charge in [-0.05, 0) is 52.3 Å². The van der Waals surface area contributed by atoms with E-state index in [1.807, 2.05) is 48.5 Å². The zero-order valence-corrected chi connectivity index (χ0v) is 15.2. The fourth-order valence-electron chi connectivity index (χ4n) is 2.26. The van der Waals surface area contributed by atoms with Gasteiger partial charge >= 0.3 is 0 Å². The first-order chi connectivity index (χ1) is 12.6. The van der Waals surface area contributed by atoms with Gasteiger partial charge in [0, 0.05) is 5.69 Å². The number of hydrogen-bond donors (Lipinski definition) is 3. The lowest BCUT2D eigenvalue weighted by Gasteiger charge is -2.13. The van der Waals surface area contributed by atoms with Crippen LogP contribution in [0.4, 0.5) is 17.1 Å². The van der Waals surface area contributed by atoms with E-state index in [-0.39, 0.29) is 18.2 Å². The summed E-state index contributed by atoms with van der Waals surface area (Å²) in [6, 6.07) is 20.1. The van der Waals surface area contributed by atoms with Crippen molar-refractivity contribution in [1.82, 2.24) is 5.32 Å². The fourth-order valence-corrected chi connectivity index (χ4v) is 2.56. The first-order valence-corrected chi connectivity index (χ1v) is 8.65. The van der Waals surface area contributed by atoms with Crippen molar-refractivity contribution in [2.45, 2.75) is 0 Å². The van der Waals surface area contributed by atoms with Gasteiger partial charge in [0.15, 0.2) is 10.4 Å². The summed E-state index contributed by atoms with van der Waals surface area (Å²) in [6.07, 6.45) is 0. The maximum atomic E-state index is 12.2. The molecule has 3 N–H and O–H groups in total. The van der Waals surface area contributed by atoms with E-state index in [1.165, 1.54) is 6.07 Å². The third-order valence-electron chi connectivity index (χ3n) is 3.46. The van der Waals surface area contributed by atoms with E-state index in [1.54, 1.807) is 12.1 Å². The Bertz CT molecular complexity index is 909. The van der Waals surface area contributed by atoms with Gasteiger partial charge in [-0.1, -0.05) is 30.3 Å². The number of benzene rings is 2. The van der Waals surface area contributed by atoms with E-state index in [4.69, 9.17) is 4.42 Å². The second-order valence-corrected chi connectivity index (χ2v) is 6.15. The largest absolute Gasteiger partial charge is 0.444 e. The minimum absolute atomic E-state index is 0.135. The molecule has 0 aliphatic carbocycles. The van der Waals surface area contributed by atoms with Crippen LogP contribution in [0.15, 0.2) is 75.8 Å². The maximum Gasteiger partial charge on any atom is 0.287 e. The molecule has 0 unspecified atom stereocenters. The third kappa shape index (κ3) is 4.73. The molecule has 0 atom stereocenters. The van der Waals surface area contributed by atoms with Crippen molar-refractivity contribution < 1.29 is 14.0 Å². The summed E-state index contributed by atoms with van der Waals surface area (Å²) in [5, 5.41) is 8.55. The summed E-state index contributed by atoms with van der Waals surface area (Å²) in [6.45, 7) is -0.170. The predicted octanol–water partition coefficient (Wildman–Crippen LogP) is 4.15. The highest BCUT2D eigenvalue weighted by Crippen LogP contribution is 2.24. The van der Waals surface area contributed by atoms with Crippen molar-refractivity contribution in [1.29, 1.82) is 0 Å². The summed E-state index contributed by atoms with van der Waals surface area (Å²) in [4.78, 5) is 24.1. The molecule has 6 nitrogen and oxygen atoms in total. The highest BCUT2D eigenvalue weighted by atomic mass is 79.9. The first-order valence-electron chi connectivity index (χ1n) is 7.86. The third-order valence-corrected chi connectivity index (χ3v) is 3.89. The fraction of sp³-hybridized carbons (Fsp3) is 0.0526. The summed E-state index contributed by atoms with van der Waals surface area (Å²) < 4.78 is 5.60. The summed E-state index contributed by atoms with van der Waals surface area (Å²) in [5.74, 6) is -0.663. The number of para-hydroxylation sites is 3. The van der Waals surface area contributed by atoms with Crippen LogP contribution in [0.2, 0.25) is 0 Å². The Labute approximate surface area is 158 Å². The lowest BCUT2D eigenvalue weighted by atomic mass is 10.2. The van der Waals surface area contributed by atoms with Crippen molar-refractivity contribution in [2.24, 2.45) is 0 Å². The molecule has 0 aliphatic rings. The van der Waals surface area contributed by atoms with Gasteiger partial charge in [0.1, 0.15) is 0 Å². The second kappa shape index (κ2) is 8.35. The van der Waals surface area contributed by atoms with Crippen molar-refractivity contribution >= 4 is 44.8 Å². The summed E-state index contributed by atoms with van der Waals surface area (Å²) in [7, 11) is 0. The molecule has 0 saturated carbocycles. The molecular weight excluding hydrogens is 398 g/mol. The van der Waals surface area contributed by atoms with E-state index < -0.39 is 5.91 Å². The molecule has 3 aromatic rings. The molecule has 0 saturated heterocycles. The molecule has 26 heavy (non-hydrogen) atoms. The quantitative estimate of drug-likeness (QED) is 0.566. The van der Waals surface area contributed by atoms with Crippen LogP contribution in [0.1, 0.15) is 10.6 Å². The minimum Gasteiger partial charge on any atom is -0.444 e. The number of furan rings is 1. The van der Waals surface area contributed by atoms with Crippen molar-refractivity contribution in [3.05, 3.63) is 77.2 Å². The zero-order chi connectivity index (χ0) is 18.4. The van der Waals surface area contributed by atoms with Gasteiger partial charge in [0.2, 0.25) is 5.91 Å². The number of nitrogens with one attached hydrogen (secondary N) is 3. The molecule has 2 amide bonds. The normalized spacial score (nSPS) is 10.2. The van der Waals surface area contributed by atoms with Crippen LogP contribution >= 0.6 is 15.9 Å². The molecule has 7 heteroatoms. The molecule has 0 bridgehead atoms. The van der Waals surface area contributed by atoms with Gasteiger partial charge in [0.25, 0.3) is 5.91 Å². The molecule has 0 aliphatic heterocycles. The Morgan fingerprint density at radius 1 is 0.885 bits per heavy atom. The summed E-state index contributed by atoms with van der Waals surface area (Å²) >= 11 is 3.13. The van der Waals surface area contributed by atoms with Gasteiger partial charge < -0.3 is 20.4 Å². The van der Waals surface area contributed by atoms with Crippen LogP contribution in [-0.4, -0.2) is 18.4 Å².